The lowest BCUT2D eigenvalue weighted by Gasteiger charge is -2.37. The molecule has 0 unspecified atom stereocenters. The summed E-state index contributed by atoms with van der Waals surface area (Å²) < 4.78 is 5.17. The maximum atomic E-state index is 12.1. The monoisotopic (exact) mass is 469 g/mol. The molecule has 0 radical (unpaired) electrons. The Morgan fingerprint density at radius 2 is 1.82 bits per heavy atom. The highest BCUT2D eigenvalue weighted by atomic mass is 32.1. The summed E-state index contributed by atoms with van der Waals surface area (Å²) in [4.78, 5) is 29.7. The van der Waals surface area contributed by atoms with Gasteiger partial charge in [-0.1, -0.05) is 0 Å². The molecule has 9 nitrogen and oxygen atoms in total. The molecule has 2 aliphatic rings. The second kappa shape index (κ2) is 10.5. The number of rotatable bonds is 5. The number of carbonyl (C=O) groups is 1. The molecular formula is C23H27N5O4S. The first-order chi connectivity index (χ1) is 16.0. The molecule has 3 heterocycles. The minimum Gasteiger partial charge on any atom is -0.465 e. The lowest BCUT2D eigenvalue weighted by molar-refractivity contribution is -0.384. The fourth-order valence-corrected chi connectivity index (χ4v) is 4.47. The zero-order chi connectivity index (χ0) is 23.2. The molecule has 0 spiro atoms. The Labute approximate surface area is 197 Å². The second-order valence-corrected chi connectivity index (χ2v) is 8.48. The Morgan fingerprint density at radius 1 is 1.06 bits per heavy atom. The van der Waals surface area contributed by atoms with E-state index in [-0.39, 0.29) is 16.5 Å². The van der Waals surface area contributed by atoms with E-state index in [1.165, 1.54) is 12.5 Å². The standard InChI is InChI=1S/C23H27N5O4S/c29-22(9-7-19-5-4-16-32-19)24-23(33)27-14-12-25(13-15-27)18-6-8-20(28(30)31)21(17-18)26-10-2-1-3-11-26/h4-9,16-17H,1-3,10-15H2,(H,24,29,33)/b9-7+. The van der Waals surface area contributed by atoms with Crippen LogP contribution in [0.25, 0.3) is 6.08 Å². The van der Waals surface area contributed by atoms with Crippen LogP contribution in [0.4, 0.5) is 17.1 Å². The third-order valence-electron chi connectivity index (χ3n) is 5.96. The molecule has 2 fully saturated rings. The number of carbonyl (C=O) groups excluding carboxylic acids is 1. The maximum absolute atomic E-state index is 12.1. The fraction of sp³-hybridized carbons (Fsp3) is 0.391. The maximum Gasteiger partial charge on any atom is 0.292 e. The number of nitro benzene ring substituents is 1. The van der Waals surface area contributed by atoms with Crippen molar-refractivity contribution in [2.24, 2.45) is 0 Å². The van der Waals surface area contributed by atoms with Crippen molar-refractivity contribution < 1.29 is 14.1 Å². The average Bonchev–Trinajstić information content (AvgIpc) is 3.37. The SMILES string of the molecule is O=C(/C=C/c1ccco1)NC(=S)N1CCN(c2ccc([N+](=O)[O-])c(N3CCCCC3)c2)CC1. The molecule has 1 aromatic carbocycles. The number of piperazine rings is 1. The zero-order valence-electron chi connectivity index (χ0n) is 18.3. The number of nitrogens with one attached hydrogen (secondary N) is 1. The van der Waals surface area contributed by atoms with E-state index in [0.29, 0.717) is 42.7 Å². The van der Waals surface area contributed by atoms with E-state index in [1.54, 1.807) is 30.5 Å². The van der Waals surface area contributed by atoms with E-state index in [1.807, 2.05) is 17.0 Å². The van der Waals surface area contributed by atoms with E-state index in [2.05, 4.69) is 15.1 Å². The number of nitro groups is 1. The first-order valence-electron chi connectivity index (χ1n) is 11.1. The van der Waals surface area contributed by atoms with Crippen molar-refractivity contribution in [3.8, 4) is 0 Å². The molecule has 10 heteroatoms. The number of hydrogen-bond donors (Lipinski definition) is 1. The van der Waals surface area contributed by atoms with Gasteiger partial charge < -0.3 is 19.1 Å². The second-order valence-electron chi connectivity index (χ2n) is 8.10. The van der Waals surface area contributed by atoms with Gasteiger partial charge in [-0.05, 0) is 61.8 Å². The Balaban J connectivity index is 1.35. The smallest absolute Gasteiger partial charge is 0.292 e. The molecule has 1 N–H and O–H groups in total. The van der Waals surface area contributed by atoms with Crippen LogP contribution in [0.15, 0.2) is 47.1 Å². The summed E-state index contributed by atoms with van der Waals surface area (Å²) in [6.07, 6.45) is 7.80. The lowest BCUT2D eigenvalue weighted by Crippen LogP contribution is -2.52. The number of amides is 1. The highest BCUT2D eigenvalue weighted by Gasteiger charge is 2.25. The van der Waals surface area contributed by atoms with Crippen molar-refractivity contribution >= 4 is 46.4 Å². The van der Waals surface area contributed by atoms with Crippen molar-refractivity contribution in [1.29, 1.82) is 0 Å². The lowest BCUT2D eigenvalue weighted by atomic mass is 10.1. The van der Waals surface area contributed by atoms with Crippen molar-refractivity contribution in [2.45, 2.75) is 19.3 Å². The summed E-state index contributed by atoms with van der Waals surface area (Å²) in [5, 5.41) is 14.7. The van der Waals surface area contributed by atoms with Gasteiger partial charge in [0.1, 0.15) is 11.4 Å². The molecule has 0 aliphatic carbocycles. The van der Waals surface area contributed by atoms with Gasteiger partial charge in [0.2, 0.25) is 5.91 Å². The number of benzene rings is 1. The van der Waals surface area contributed by atoms with Gasteiger partial charge in [0.15, 0.2) is 5.11 Å². The van der Waals surface area contributed by atoms with Gasteiger partial charge in [0.25, 0.3) is 5.69 Å². The van der Waals surface area contributed by atoms with E-state index in [0.717, 1.165) is 31.6 Å². The summed E-state index contributed by atoms with van der Waals surface area (Å²) >= 11 is 5.41. The van der Waals surface area contributed by atoms with E-state index in [9.17, 15) is 14.9 Å². The average molecular weight is 470 g/mol. The van der Waals surface area contributed by atoms with Crippen LogP contribution in [-0.4, -0.2) is 60.1 Å². The molecule has 0 atom stereocenters. The molecule has 2 saturated heterocycles. The number of piperidine rings is 1. The van der Waals surface area contributed by atoms with Crippen LogP contribution in [0.1, 0.15) is 25.0 Å². The fourth-order valence-electron chi connectivity index (χ4n) is 4.19. The predicted octanol–water partition coefficient (Wildman–Crippen LogP) is 3.41. The molecule has 2 aromatic rings. The van der Waals surface area contributed by atoms with Gasteiger partial charge in [0, 0.05) is 57.1 Å². The summed E-state index contributed by atoms with van der Waals surface area (Å²) in [6.45, 7) is 4.40. The number of hydrogen-bond acceptors (Lipinski definition) is 7. The van der Waals surface area contributed by atoms with E-state index >= 15 is 0 Å². The van der Waals surface area contributed by atoms with Gasteiger partial charge in [-0.25, -0.2) is 0 Å². The zero-order valence-corrected chi connectivity index (χ0v) is 19.1. The normalized spacial score (nSPS) is 16.8. The van der Waals surface area contributed by atoms with Crippen LogP contribution >= 0.6 is 12.2 Å². The van der Waals surface area contributed by atoms with Crippen molar-refractivity contribution in [1.82, 2.24) is 10.2 Å². The van der Waals surface area contributed by atoms with Crippen LogP contribution in [-0.2, 0) is 4.79 Å². The summed E-state index contributed by atoms with van der Waals surface area (Å²) in [6, 6.07) is 8.89. The molecule has 0 bridgehead atoms. The topological polar surface area (TPSA) is 95.1 Å². The van der Waals surface area contributed by atoms with E-state index < -0.39 is 0 Å². The minimum atomic E-state index is -0.305. The summed E-state index contributed by atoms with van der Waals surface area (Å²) in [5.41, 5.74) is 1.83. The number of anilines is 2. The predicted molar refractivity (Wildman–Crippen MR) is 131 cm³/mol. The highest BCUT2D eigenvalue weighted by molar-refractivity contribution is 7.80. The summed E-state index contributed by atoms with van der Waals surface area (Å²) in [7, 11) is 0. The quantitative estimate of drug-likeness (QED) is 0.308. The first-order valence-corrected chi connectivity index (χ1v) is 11.5. The number of nitrogens with zero attached hydrogens (tertiary/aromatic N) is 4. The third-order valence-corrected chi connectivity index (χ3v) is 6.32. The Hall–Kier alpha value is -3.40. The van der Waals surface area contributed by atoms with Crippen molar-refractivity contribution in [3.05, 3.63) is 58.5 Å². The highest BCUT2D eigenvalue weighted by Crippen LogP contribution is 2.34. The van der Waals surface area contributed by atoms with E-state index in [4.69, 9.17) is 16.6 Å². The van der Waals surface area contributed by atoms with Gasteiger partial charge in [0.05, 0.1) is 11.2 Å². The van der Waals surface area contributed by atoms with Gasteiger partial charge in [-0.3, -0.25) is 20.2 Å². The molecule has 1 aromatic heterocycles. The Kier molecular flexibility index (Phi) is 7.23. The van der Waals surface area contributed by atoms with Gasteiger partial charge in [-0.15, -0.1) is 0 Å². The van der Waals surface area contributed by atoms with Crippen molar-refractivity contribution in [3.63, 3.8) is 0 Å². The molecular weight excluding hydrogens is 442 g/mol. The Bertz CT molecular complexity index is 1030. The minimum absolute atomic E-state index is 0.158. The van der Waals surface area contributed by atoms with Crippen LogP contribution in [0, 0.1) is 10.1 Å². The first kappa shape index (κ1) is 22.8. The van der Waals surface area contributed by atoms with Gasteiger partial charge >= 0.3 is 0 Å². The van der Waals surface area contributed by atoms with Crippen molar-refractivity contribution in [2.75, 3.05) is 49.1 Å². The molecule has 174 valence electrons. The third kappa shape index (κ3) is 5.70. The molecule has 0 saturated carbocycles. The molecule has 1 amide bonds. The Morgan fingerprint density at radius 3 is 2.48 bits per heavy atom. The van der Waals surface area contributed by atoms with Gasteiger partial charge in [-0.2, -0.15) is 0 Å². The number of thiocarbonyl (C=S) groups is 1. The largest absolute Gasteiger partial charge is 0.465 e. The number of furan rings is 1. The molecule has 4 rings (SSSR count). The van der Waals surface area contributed by atoms with Crippen LogP contribution in [0.5, 0.6) is 0 Å². The van der Waals surface area contributed by atoms with Crippen LogP contribution < -0.4 is 15.1 Å². The molecule has 2 aliphatic heterocycles. The summed E-state index contributed by atoms with van der Waals surface area (Å²) in [5.74, 6) is 0.289. The van der Waals surface area contributed by atoms with Crippen LogP contribution in [0.3, 0.4) is 0 Å². The van der Waals surface area contributed by atoms with Crippen LogP contribution in [0.2, 0.25) is 0 Å². The molecule has 33 heavy (non-hydrogen) atoms.